The molecule has 0 aliphatic heterocycles. The van der Waals surface area contributed by atoms with Crippen molar-refractivity contribution in [2.75, 3.05) is 12.3 Å². The number of rotatable bonds is 6. The van der Waals surface area contributed by atoms with Crippen LogP contribution in [0.5, 0.6) is 0 Å². The predicted molar refractivity (Wildman–Crippen MR) is 72.0 cm³/mol. The van der Waals surface area contributed by atoms with Crippen molar-refractivity contribution < 1.29 is 9.00 Å². The van der Waals surface area contributed by atoms with Gasteiger partial charge in [-0.25, -0.2) is 0 Å². The molecule has 0 saturated heterocycles. The second-order valence-electron chi connectivity index (χ2n) is 3.27. The van der Waals surface area contributed by atoms with Crippen LogP contribution < -0.4 is 5.32 Å². The summed E-state index contributed by atoms with van der Waals surface area (Å²) in [6, 6.07) is 1.92. The minimum absolute atomic E-state index is 0.0876. The number of halogens is 1. The van der Waals surface area contributed by atoms with Crippen molar-refractivity contribution in [3.05, 3.63) is 20.8 Å². The predicted octanol–water partition coefficient (Wildman–Crippen LogP) is 2.29. The lowest BCUT2D eigenvalue weighted by molar-refractivity contribution is -0.118. The second-order valence-corrected chi connectivity index (χ2v) is 6.58. The molecule has 6 heteroatoms. The summed E-state index contributed by atoms with van der Waals surface area (Å²) in [7, 11) is -1.12. The van der Waals surface area contributed by atoms with E-state index in [2.05, 4.69) is 21.2 Å². The second kappa shape index (κ2) is 7.19. The van der Waals surface area contributed by atoms with Gasteiger partial charge in [0.15, 0.2) is 0 Å². The van der Waals surface area contributed by atoms with Gasteiger partial charge in [-0.05, 0) is 33.8 Å². The van der Waals surface area contributed by atoms with Crippen LogP contribution in [-0.2, 0) is 21.3 Å². The van der Waals surface area contributed by atoms with Crippen molar-refractivity contribution in [2.45, 2.75) is 19.1 Å². The van der Waals surface area contributed by atoms with E-state index in [-0.39, 0.29) is 11.7 Å². The van der Waals surface area contributed by atoms with E-state index in [0.29, 0.717) is 12.3 Å². The van der Waals surface area contributed by atoms with Gasteiger partial charge >= 0.3 is 0 Å². The molecule has 3 nitrogen and oxygen atoms in total. The van der Waals surface area contributed by atoms with E-state index in [1.807, 2.05) is 18.4 Å². The van der Waals surface area contributed by atoms with Crippen LogP contribution in [0.25, 0.3) is 0 Å². The summed E-state index contributed by atoms with van der Waals surface area (Å²) in [5.74, 6) is 0.398. The molecule has 0 saturated carbocycles. The van der Waals surface area contributed by atoms with Gasteiger partial charge in [0, 0.05) is 26.7 Å². The molecule has 1 heterocycles. The van der Waals surface area contributed by atoms with Crippen LogP contribution in [0.2, 0.25) is 0 Å². The standard InChI is InChI=1S/C10H14BrNO2S2/c1-2-4-12-10(13)7-16(14)6-9-8(11)3-5-15-9/h3,5H,2,4,6-7H2,1H3,(H,12,13). The van der Waals surface area contributed by atoms with E-state index >= 15 is 0 Å². The Balaban J connectivity index is 2.36. The van der Waals surface area contributed by atoms with Crippen LogP contribution in [0.3, 0.4) is 0 Å². The van der Waals surface area contributed by atoms with E-state index < -0.39 is 10.8 Å². The lowest BCUT2D eigenvalue weighted by Crippen LogP contribution is -2.29. The molecule has 0 fully saturated rings. The molecule has 1 aromatic heterocycles. The highest BCUT2D eigenvalue weighted by molar-refractivity contribution is 9.10. The first-order chi connectivity index (χ1) is 7.63. The van der Waals surface area contributed by atoms with Gasteiger partial charge in [-0.3, -0.25) is 9.00 Å². The van der Waals surface area contributed by atoms with Gasteiger partial charge in [-0.2, -0.15) is 0 Å². The summed E-state index contributed by atoms with van der Waals surface area (Å²) in [5, 5.41) is 4.66. The van der Waals surface area contributed by atoms with Gasteiger partial charge in [0.25, 0.3) is 0 Å². The Kier molecular flexibility index (Phi) is 6.23. The van der Waals surface area contributed by atoms with E-state index in [0.717, 1.165) is 15.8 Å². The lowest BCUT2D eigenvalue weighted by atomic mass is 10.5. The van der Waals surface area contributed by atoms with Crippen LogP contribution in [0.1, 0.15) is 18.2 Å². The number of carbonyl (C=O) groups is 1. The maximum Gasteiger partial charge on any atom is 0.232 e. The Labute approximate surface area is 110 Å². The Morgan fingerprint density at radius 2 is 2.38 bits per heavy atom. The van der Waals surface area contributed by atoms with Gasteiger partial charge < -0.3 is 5.32 Å². The Morgan fingerprint density at radius 3 is 2.94 bits per heavy atom. The topological polar surface area (TPSA) is 46.2 Å². The van der Waals surface area contributed by atoms with E-state index in [1.54, 1.807) is 11.3 Å². The van der Waals surface area contributed by atoms with Gasteiger partial charge in [0.05, 0.1) is 5.75 Å². The highest BCUT2D eigenvalue weighted by Gasteiger charge is 2.10. The van der Waals surface area contributed by atoms with Gasteiger partial charge in [-0.15, -0.1) is 11.3 Å². The number of thiophene rings is 1. The molecule has 0 radical (unpaired) electrons. The van der Waals surface area contributed by atoms with E-state index in [4.69, 9.17) is 0 Å². The van der Waals surface area contributed by atoms with Crippen molar-refractivity contribution in [1.29, 1.82) is 0 Å². The van der Waals surface area contributed by atoms with Crippen LogP contribution >= 0.6 is 27.3 Å². The molecule has 16 heavy (non-hydrogen) atoms. The highest BCUT2D eigenvalue weighted by atomic mass is 79.9. The Hall–Kier alpha value is -0.200. The maximum atomic E-state index is 11.7. The Morgan fingerprint density at radius 1 is 1.62 bits per heavy atom. The highest BCUT2D eigenvalue weighted by Crippen LogP contribution is 2.23. The van der Waals surface area contributed by atoms with Crippen molar-refractivity contribution in [3.63, 3.8) is 0 Å². The number of nitrogens with one attached hydrogen (secondary N) is 1. The molecule has 0 bridgehead atoms. The minimum Gasteiger partial charge on any atom is -0.355 e. The van der Waals surface area contributed by atoms with Gasteiger partial charge in [0.2, 0.25) is 5.91 Å². The fourth-order valence-corrected chi connectivity index (χ4v) is 4.16. The Bertz CT molecular complexity index is 379. The third kappa shape index (κ3) is 4.76. The molecule has 1 aromatic rings. The summed E-state index contributed by atoms with van der Waals surface area (Å²) < 4.78 is 12.6. The first-order valence-electron chi connectivity index (χ1n) is 4.97. The summed E-state index contributed by atoms with van der Waals surface area (Å²) in [6.45, 7) is 2.64. The van der Waals surface area contributed by atoms with Crippen molar-refractivity contribution >= 4 is 44.0 Å². The van der Waals surface area contributed by atoms with Crippen LogP contribution in [0, 0.1) is 0 Å². The largest absolute Gasteiger partial charge is 0.355 e. The maximum absolute atomic E-state index is 11.7. The van der Waals surface area contributed by atoms with Crippen molar-refractivity contribution in [2.24, 2.45) is 0 Å². The zero-order valence-electron chi connectivity index (χ0n) is 8.99. The third-order valence-electron chi connectivity index (χ3n) is 1.85. The fourth-order valence-electron chi connectivity index (χ4n) is 1.09. The molecule has 1 N–H and O–H groups in total. The van der Waals surface area contributed by atoms with Crippen LogP contribution in [0.4, 0.5) is 0 Å². The summed E-state index contributed by atoms with van der Waals surface area (Å²) in [6.07, 6.45) is 0.898. The summed E-state index contributed by atoms with van der Waals surface area (Å²) >= 11 is 4.93. The molecule has 1 unspecified atom stereocenters. The number of amides is 1. The molecule has 0 spiro atoms. The molecule has 90 valence electrons. The average Bonchev–Trinajstić information content (AvgIpc) is 2.61. The molecule has 1 atom stereocenters. The number of hydrogen-bond donors (Lipinski definition) is 1. The number of hydrogen-bond acceptors (Lipinski definition) is 3. The van der Waals surface area contributed by atoms with Crippen molar-refractivity contribution in [3.8, 4) is 0 Å². The quantitative estimate of drug-likeness (QED) is 0.873. The fraction of sp³-hybridized carbons (Fsp3) is 0.500. The average molecular weight is 324 g/mol. The SMILES string of the molecule is CCCNC(=O)CS(=O)Cc1sccc1Br. The first-order valence-corrected chi connectivity index (χ1v) is 8.13. The number of carbonyl (C=O) groups excluding carboxylic acids is 1. The molecule has 1 rings (SSSR count). The molecular formula is C10H14BrNO2S2. The first kappa shape index (κ1) is 13.9. The third-order valence-corrected chi connectivity index (χ3v) is 5.15. The van der Waals surface area contributed by atoms with Crippen LogP contribution in [0.15, 0.2) is 15.9 Å². The van der Waals surface area contributed by atoms with E-state index in [1.165, 1.54) is 0 Å². The molecule has 1 amide bonds. The normalized spacial score (nSPS) is 12.4. The molecule has 0 aliphatic carbocycles. The lowest BCUT2D eigenvalue weighted by Gasteiger charge is -2.03. The zero-order valence-corrected chi connectivity index (χ0v) is 12.2. The van der Waals surface area contributed by atoms with E-state index in [9.17, 15) is 9.00 Å². The molecule has 0 aliphatic rings. The molecular weight excluding hydrogens is 310 g/mol. The van der Waals surface area contributed by atoms with Gasteiger partial charge in [-0.1, -0.05) is 6.92 Å². The van der Waals surface area contributed by atoms with Crippen molar-refractivity contribution in [1.82, 2.24) is 5.32 Å². The monoisotopic (exact) mass is 323 g/mol. The zero-order chi connectivity index (χ0) is 12.0. The smallest absolute Gasteiger partial charge is 0.232 e. The molecule has 0 aromatic carbocycles. The summed E-state index contributed by atoms with van der Waals surface area (Å²) in [4.78, 5) is 12.3. The van der Waals surface area contributed by atoms with Gasteiger partial charge in [0.1, 0.15) is 5.75 Å². The van der Waals surface area contributed by atoms with Crippen LogP contribution in [-0.4, -0.2) is 22.4 Å². The summed E-state index contributed by atoms with van der Waals surface area (Å²) in [5.41, 5.74) is 0. The minimum atomic E-state index is -1.12.